The van der Waals surface area contributed by atoms with Gasteiger partial charge < -0.3 is 9.47 Å². The second-order valence-electron chi connectivity index (χ2n) is 5.01. The van der Waals surface area contributed by atoms with Crippen molar-refractivity contribution in [1.82, 2.24) is 9.47 Å². The minimum Gasteiger partial charge on any atom is -0.327 e. The molecule has 0 spiro atoms. The van der Waals surface area contributed by atoms with Crippen molar-refractivity contribution in [3.8, 4) is 0 Å². The lowest BCUT2D eigenvalue weighted by atomic mass is 10.00. The standard InChI is InChI=1S/C15H12N2O2/c18-14-8-13-10-4-1-2-5-11(10)15(19)17(13)9-16-7-3-6-12(14)16/h1-7,13H,8-9H2. The molecule has 94 valence electrons. The van der Waals surface area contributed by atoms with Crippen LogP contribution in [-0.2, 0) is 6.67 Å². The van der Waals surface area contributed by atoms with E-state index in [-0.39, 0.29) is 17.7 Å². The lowest BCUT2D eigenvalue weighted by Gasteiger charge is -2.22. The summed E-state index contributed by atoms with van der Waals surface area (Å²) in [6.45, 7) is 0.451. The number of rotatable bonds is 0. The molecule has 0 bridgehead atoms. The number of aromatic nitrogens is 1. The van der Waals surface area contributed by atoms with E-state index in [0.717, 1.165) is 11.1 Å². The fraction of sp³-hybridized carbons (Fsp3) is 0.200. The third-order valence-electron chi connectivity index (χ3n) is 3.99. The van der Waals surface area contributed by atoms with Crippen molar-refractivity contribution in [2.75, 3.05) is 0 Å². The SMILES string of the molecule is O=C1CC2c3ccccc3C(=O)N2Cn2cccc21. The Hall–Kier alpha value is -2.36. The number of benzene rings is 1. The first-order valence-electron chi connectivity index (χ1n) is 6.34. The van der Waals surface area contributed by atoms with Crippen LogP contribution in [0.15, 0.2) is 42.6 Å². The van der Waals surface area contributed by atoms with E-state index in [9.17, 15) is 9.59 Å². The van der Waals surface area contributed by atoms with Gasteiger partial charge >= 0.3 is 0 Å². The lowest BCUT2D eigenvalue weighted by Crippen LogP contribution is -2.28. The van der Waals surface area contributed by atoms with Gasteiger partial charge in [0.15, 0.2) is 5.78 Å². The first kappa shape index (κ1) is 10.6. The van der Waals surface area contributed by atoms with E-state index in [2.05, 4.69) is 0 Å². The minimum atomic E-state index is -0.115. The van der Waals surface area contributed by atoms with Crippen LogP contribution in [0.2, 0.25) is 0 Å². The predicted molar refractivity (Wildman–Crippen MR) is 68.7 cm³/mol. The summed E-state index contributed by atoms with van der Waals surface area (Å²) in [6.07, 6.45) is 2.22. The third kappa shape index (κ3) is 1.34. The molecule has 0 saturated carbocycles. The fourth-order valence-electron chi connectivity index (χ4n) is 3.06. The predicted octanol–water partition coefficient (Wildman–Crippen LogP) is 2.23. The van der Waals surface area contributed by atoms with Crippen LogP contribution in [0, 0.1) is 0 Å². The average Bonchev–Trinajstić information content (AvgIpc) is 2.95. The van der Waals surface area contributed by atoms with Crippen LogP contribution in [0.25, 0.3) is 0 Å². The first-order valence-corrected chi connectivity index (χ1v) is 6.34. The molecule has 1 aromatic carbocycles. The molecule has 0 radical (unpaired) electrons. The molecule has 0 N–H and O–H groups in total. The molecule has 3 heterocycles. The van der Waals surface area contributed by atoms with Gasteiger partial charge in [0.25, 0.3) is 5.91 Å². The Kier molecular flexibility index (Phi) is 1.98. The van der Waals surface area contributed by atoms with Crippen molar-refractivity contribution in [3.63, 3.8) is 0 Å². The number of nitrogens with zero attached hydrogens (tertiary/aromatic N) is 2. The molecule has 1 unspecified atom stereocenters. The normalized spacial score (nSPS) is 20.8. The van der Waals surface area contributed by atoms with E-state index in [1.165, 1.54) is 0 Å². The van der Waals surface area contributed by atoms with E-state index in [1.807, 2.05) is 47.2 Å². The second-order valence-corrected chi connectivity index (χ2v) is 5.01. The van der Waals surface area contributed by atoms with E-state index in [1.54, 1.807) is 4.90 Å². The molecule has 0 aliphatic carbocycles. The summed E-state index contributed by atoms with van der Waals surface area (Å²) in [7, 11) is 0. The number of amides is 1. The monoisotopic (exact) mass is 252 g/mol. The smallest absolute Gasteiger partial charge is 0.256 e. The van der Waals surface area contributed by atoms with Crippen molar-refractivity contribution >= 4 is 11.7 Å². The van der Waals surface area contributed by atoms with Crippen molar-refractivity contribution < 1.29 is 9.59 Å². The zero-order valence-corrected chi connectivity index (χ0v) is 10.2. The van der Waals surface area contributed by atoms with Crippen LogP contribution in [0.4, 0.5) is 0 Å². The van der Waals surface area contributed by atoms with E-state index < -0.39 is 0 Å². The quantitative estimate of drug-likeness (QED) is 0.721. The van der Waals surface area contributed by atoms with E-state index in [4.69, 9.17) is 0 Å². The number of ketones is 1. The van der Waals surface area contributed by atoms with Gasteiger partial charge in [-0.3, -0.25) is 9.59 Å². The summed E-state index contributed by atoms with van der Waals surface area (Å²) >= 11 is 0. The minimum absolute atomic E-state index is 0.0231. The Balaban J connectivity index is 1.86. The molecular formula is C15H12N2O2. The van der Waals surface area contributed by atoms with Crippen molar-refractivity contribution in [1.29, 1.82) is 0 Å². The second kappa shape index (κ2) is 3.57. The highest BCUT2D eigenvalue weighted by Gasteiger charge is 2.39. The molecule has 0 fully saturated rings. The van der Waals surface area contributed by atoms with Gasteiger partial charge in [-0.1, -0.05) is 18.2 Å². The number of hydrogen-bond donors (Lipinski definition) is 0. The first-order chi connectivity index (χ1) is 9.25. The zero-order chi connectivity index (χ0) is 13.0. The maximum absolute atomic E-state index is 12.4. The molecular weight excluding hydrogens is 240 g/mol. The summed E-state index contributed by atoms with van der Waals surface area (Å²) in [5, 5.41) is 0. The summed E-state index contributed by atoms with van der Waals surface area (Å²) in [5.41, 5.74) is 2.40. The molecule has 2 aliphatic heterocycles. The summed E-state index contributed by atoms with van der Waals surface area (Å²) in [5.74, 6) is 0.122. The van der Waals surface area contributed by atoms with Crippen molar-refractivity contribution in [2.24, 2.45) is 0 Å². The highest BCUT2D eigenvalue weighted by atomic mass is 16.2. The molecule has 1 amide bonds. The lowest BCUT2D eigenvalue weighted by molar-refractivity contribution is 0.0660. The Bertz CT molecular complexity index is 702. The molecule has 1 atom stereocenters. The molecule has 4 nitrogen and oxygen atoms in total. The van der Waals surface area contributed by atoms with Gasteiger partial charge in [-0.2, -0.15) is 0 Å². The number of Topliss-reactive ketones (excluding diaryl/α,β-unsaturated/α-hetero) is 1. The van der Waals surface area contributed by atoms with Gasteiger partial charge in [0, 0.05) is 18.2 Å². The number of carbonyl (C=O) groups excluding carboxylic acids is 2. The topological polar surface area (TPSA) is 42.3 Å². The summed E-state index contributed by atoms with van der Waals surface area (Å²) in [4.78, 5) is 26.5. The van der Waals surface area contributed by atoms with Crippen molar-refractivity contribution in [2.45, 2.75) is 19.1 Å². The van der Waals surface area contributed by atoms with Gasteiger partial charge in [-0.25, -0.2) is 0 Å². The number of fused-ring (bicyclic) bond motifs is 4. The van der Waals surface area contributed by atoms with Crippen LogP contribution >= 0.6 is 0 Å². The van der Waals surface area contributed by atoms with Crippen LogP contribution < -0.4 is 0 Å². The third-order valence-corrected chi connectivity index (χ3v) is 3.99. The van der Waals surface area contributed by atoms with Gasteiger partial charge in [-0.05, 0) is 23.8 Å². The largest absolute Gasteiger partial charge is 0.327 e. The van der Waals surface area contributed by atoms with Crippen LogP contribution in [0.1, 0.15) is 38.9 Å². The molecule has 2 aromatic rings. The number of hydrogen-bond acceptors (Lipinski definition) is 2. The Morgan fingerprint density at radius 2 is 1.89 bits per heavy atom. The molecule has 4 heteroatoms. The Labute approximate surface area is 110 Å². The summed E-state index contributed by atoms with van der Waals surface area (Å²) in [6, 6.07) is 11.1. The summed E-state index contributed by atoms with van der Waals surface area (Å²) < 4.78 is 1.85. The number of carbonyl (C=O) groups is 2. The van der Waals surface area contributed by atoms with Crippen LogP contribution in [0.5, 0.6) is 0 Å². The molecule has 0 saturated heterocycles. The molecule has 2 aliphatic rings. The van der Waals surface area contributed by atoms with Gasteiger partial charge in [0.1, 0.15) is 0 Å². The van der Waals surface area contributed by atoms with Gasteiger partial charge in [-0.15, -0.1) is 0 Å². The highest BCUT2D eigenvalue weighted by molar-refractivity contribution is 6.02. The van der Waals surface area contributed by atoms with Gasteiger partial charge in [0.05, 0.1) is 18.4 Å². The molecule has 4 rings (SSSR count). The van der Waals surface area contributed by atoms with E-state index in [0.29, 0.717) is 18.8 Å². The maximum atomic E-state index is 12.4. The van der Waals surface area contributed by atoms with Crippen LogP contribution in [-0.4, -0.2) is 21.2 Å². The van der Waals surface area contributed by atoms with Gasteiger partial charge in [0.2, 0.25) is 0 Å². The molecule has 1 aromatic heterocycles. The zero-order valence-electron chi connectivity index (χ0n) is 10.2. The van der Waals surface area contributed by atoms with Crippen LogP contribution in [0.3, 0.4) is 0 Å². The van der Waals surface area contributed by atoms with Crippen molar-refractivity contribution in [3.05, 3.63) is 59.4 Å². The highest BCUT2D eigenvalue weighted by Crippen LogP contribution is 2.38. The fourth-order valence-corrected chi connectivity index (χ4v) is 3.06. The maximum Gasteiger partial charge on any atom is 0.256 e. The Morgan fingerprint density at radius 1 is 1.05 bits per heavy atom. The average molecular weight is 252 g/mol. The van der Waals surface area contributed by atoms with E-state index >= 15 is 0 Å². The Morgan fingerprint density at radius 3 is 2.79 bits per heavy atom. The molecule has 19 heavy (non-hydrogen) atoms.